The highest BCUT2D eigenvalue weighted by atomic mass is 32.1. The molecule has 78 valence electrons. The Balaban J connectivity index is 2.38. The van der Waals surface area contributed by atoms with E-state index in [2.05, 4.69) is 25.9 Å². The van der Waals surface area contributed by atoms with E-state index in [4.69, 9.17) is 0 Å². The van der Waals surface area contributed by atoms with Crippen LogP contribution in [-0.2, 0) is 0 Å². The van der Waals surface area contributed by atoms with E-state index in [0.717, 1.165) is 22.5 Å². The average molecular weight is 220 g/mol. The van der Waals surface area contributed by atoms with Crippen LogP contribution in [0.2, 0.25) is 0 Å². The van der Waals surface area contributed by atoms with Crippen LogP contribution in [0, 0.1) is 6.92 Å². The molecular weight excluding hydrogens is 208 g/mol. The minimum Gasteiger partial charge on any atom is -0.260 e. The Morgan fingerprint density at radius 3 is 3.20 bits per heavy atom. The maximum Gasteiger partial charge on any atom is 0.167 e. The Kier molecular flexibility index (Phi) is 2.91. The predicted octanol–water partition coefficient (Wildman–Crippen LogP) is 2.81. The molecule has 1 N–H and O–H groups in total. The zero-order chi connectivity index (χ0) is 10.7. The number of nitrogens with zero attached hydrogens (tertiary/aromatic N) is 3. The first kappa shape index (κ1) is 10.0. The van der Waals surface area contributed by atoms with Crippen molar-refractivity contribution in [1.82, 2.24) is 9.97 Å². The minimum absolute atomic E-state index is 0.780. The minimum atomic E-state index is 0.780. The summed E-state index contributed by atoms with van der Waals surface area (Å²) in [6, 6.07) is 0. The van der Waals surface area contributed by atoms with Gasteiger partial charge >= 0.3 is 0 Å². The largest absolute Gasteiger partial charge is 0.260 e. The number of fused-ring (bicyclic) bond motifs is 1. The Hall–Kier alpha value is -1.49. The van der Waals surface area contributed by atoms with Crippen LogP contribution in [0.1, 0.15) is 18.9 Å². The zero-order valence-corrected chi connectivity index (χ0v) is 9.51. The second kappa shape index (κ2) is 4.35. The molecule has 0 aliphatic heterocycles. The van der Waals surface area contributed by atoms with Crippen LogP contribution in [-0.4, -0.2) is 16.2 Å². The third-order valence-corrected chi connectivity index (χ3v) is 3.07. The molecule has 2 aromatic heterocycles. The molecule has 0 unspecified atom stereocenters. The molecule has 0 aromatic carbocycles. The smallest absolute Gasteiger partial charge is 0.167 e. The van der Waals surface area contributed by atoms with E-state index in [9.17, 15) is 0 Å². The second-order valence-corrected chi connectivity index (χ2v) is 4.03. The second-order valence-electron chi connectivity index (χ2n) is 3.15. The van der Waals surface area contributed by atoms with Crippen molar-refractivity contribution in [3.05, 3.63) is 17.3 Å². The molecule has 0 amide bonds. The van der Waals surface area contributed by atoms with Crippen molar-refractivity contribution < 1.29 is 0 Å². The molecule has 4 nitrogen and oxygen atoms in total. The van der Waals surface area contributed by atoms with Gasteiger partial charge in [-0.15, -0.1) is 11.3 Å². The van der Waals surface area contributed by atoms with Crippen LogP contribution in [0.3, 0.4) is 0 Å². The van der Waals surface area contributed by atoms with E-state index in [1.165, 1.54) is 5.56 Å². The van der Waals surface area contributed by atoms with Gasteiger partial charge in [0, 0.05) is 6.21 Å². The zero-order valence-electron chi connectivity index (χ0n) is 8.69. The van der Waals surface area contributed by atoms with Crippen LogP contribution in [0.15, 0.2) is 16.8 Å². The third-order valence-electron chi connectivity index (χ3n) is 1.98. The fourth-order valence-electron chi connectivity index (χ4n) is 1.25. The van der Waals surface area contributed by atoms with Gasteiger partial charge in [0.05, 0.1) is 10.2 Å². The van der Waals surface area contributed by atoms with Crippen LogP contribution < -0.4 is 5.43 Å². The molecule has 0 saturated heterocycles. The normalized spacial score (nSPS) is 11.3. The Morgan fingerprint density at radius 2 is 2.40 bits per heavy atom. The lowest BCUT2D eigenvalue weighted by Gasteiger charge is -1.99. The quantitative estimate of drug-likeness (QED) is 0.639. The van der Waals surface area contributed by atoms with Crippen LogP contribution >= 0.6 is 11.3 Å². The van der Waals surface area contributed by atoms with Crippen molar-refractivity contribution in [2.45, 2.75) is 20.3 Å². The molecule has 0 aliphatic carbocycles. The van der Waals surface area contributed by atoms with Crippen LogP contribution in [0.4, 0.5) is 5.82 Å². The summed E-state index contributed by atoms with van der Waals surface area (Å²) in [6.07, 6.45) is 4.28. The van der Waals surface area contributed by atoms with Gasteiger partial charge in [0.2, 0.25) is 0 Å². The molecule has 15 heavy (non-hydrogen) atoms. The number of thiophene rings is 1. The molecule has 0 aliphatic rings. The highest BCUT2D eigenvalue weighted by Gasteiger charge is 2.06. The molecule has 5 heteroatoms. The number of hydrazone groups is 1. The number of hydrogen-bond donors (Lipinski definition) is 1. The molecule has 0 saturated carbocycles. The molecule has 0 spiro atoms. The standard InChI is InChI=1S/C10H12N4S/c1-3-4-13-14-10-9-8(11-6-12-10)7(2)5-15-9/h4-6H,3H2,1-2H3,(H,11,12,14). The van der Waals surface area contributed by atoms with Gasteiger partial charge in [-0.3, -0.25) is 5.43 Å². The summed E-state index contributed by atoms with van der Waals surface area (Å²) in [6.45, 7) is 4.08. The monoisotopic (exact) mass is 220 g/mol. The van der Waals surface area contributed by atoms with E-state index < -0.39 is 0 Å². The molecular formula is C10H12N4S. The molecule has 2 rings (SSSR count). The number of hydrogen-bond acceptors (Lipinski definition) is 5. The summed E-state index contributed by atoms with van der Waals surface area (Å²) in [5, 5.41) is 6.14. The maximum absolute atomic E-state index is 4.24. The van der Waals surface area contributed by atoms with Gasteiger partial charge in [-0.05, 0) is 24.3 Å². The molecule has 0 fully saturated rings. The van der Waals surface area contributed by atoms with Crippen molar-refractivity contribution >= 4 is 33.6 Å². The summed E-state index contributed by atoms with van der Waals surface area (Å²) in [5.41, 5.74) is 5.12. The first-order valence-electron chi connectivity index (χ1n) is 4.79. The topological polar surface area (TPSA) is 50.2 Å². The lowest BCUT2D eigenvalue weighted by atomic mass is 10.3. The third kappa shape index (κ3) is 1.97. The van der Waals surface area contributed by atoms with Crippen molar-refractivity contribution in [2.24, 2.45) is 5.10 Å². The Bertz CT molecular complexity index is 489. The summed E-state index contributed by atoms with van der Waals surface area (Å²) in [4.78, 5) is 8.40. The predicted molar refractivity (Wildman–Crippen MR) is 64.6 cm³/mol. The fourth-order valence-corrected chi connectivity index (χ4v) is 2.19. The summed E-state index contributed by atoms with van der Waals surface area (Å²) < 4.78 is 1.06. The van der Waals surface area contributed by atoms with Crippen molar-refractivity contribution in [3.63, 3.8) is 0 Å². The number of rotatable bonds is 3. The van der Waals surface area contributed by atoms with Crippen LogP contribution in [0.5, 0.6) is 0 Å². The van der Waals surface area contributed by atoms with E-state index in [-0.39, 0.29) is 0 Å². The van der Waals surface area contributed by atoms with Gasteiger partial charge in [0.1, 0.15) is 6.33 Å². The first-order chi connectivity index (χ1) is 7.33. The first-order valence-corrected chi connectivity index (χ1v) is 5.67. The molecule has 2 aromatic rings. The lowest BCUT2D eigenvalue weighted by molar-refractivity contribution is 1.17. The Morgan fingerprint density at radius 1 is 1.53 bits per heavy atom. The summed E-state index contributed by atoms with van der Waals surface area (Å²) >= 11 is 1.64. The summed E-state index contributed by atoms with van der Waals surface area (Å²) in [5.74, 6) is 0.780. The average Bonchev–Trinajstić information content (AvgIpc) is 2.62. The highest BCUT2D eigenvalue weighted by molar-refractivity contribution is 7.17. The molecule has 2 heterocycles. The van der Waals surface area contributed by atoms with Gasteiger partial charge < -0.3 is 0 Å². The van der Waals surface area contributed by atoms with Gasteiger partial charge in [0.25, 0.3) is 0 Å². The van der Waals surface area contributed by atoms with Crippen LogP contribution in [0.25, 0.3) is 10.2 Å². The van der Waals surface area contributed by atoms with Crippen molar-refractivity contribution in [2.75, 3.05) is 5.43 Å². The van der Waals surface area contributed by atoms with Gasteiger partial charge in [-0.1, -0.05) is 6.92 Å². The lowest BCUT2D eigenvalue weighted by Crippen LogP contribution is -1.93. The highest BCUT2D eigenvalue weighted by Crippen LogP contribution is 2.28. The van der Waals surface area contributed by atoms with Gasteiger partial charge in [-0.2, -0.15) is 5.10 Å². The van der Waals surface area contributed by atoms with E-state index in [0.29, 0.717) is 0 Å². The van der Waals surface area contributed by atoms with E-state index in [1.54, 1.807) is 17.7 Å². The number of anilines is 1. The SMILES string of the molecule is CCC=NNc1ncnc2c(C)csc12. The van der Waals surface area contributed by atoms with E-state index in [1.807, 2.05) is 20.1 Å². The number of aromatic nitrogens is 2. The number of nitrogens with one attached hydrogen (secondary N) is 1. The molecule has 0 atom stereocenters. The fraction of sp³-hybridized carbons (Fsp3) is 0.300. The maximum atomic E-state index is 4.24. The number of aryl methyl sites for hydroxylation is 1. The van der Waals surface area contributed by atoms with E-state index >= 15 is 0 Å². The molecule has 0 radical (unpaired) electrons. The van der Waals surface area contributed by atoms with Gasteiger partial charge in [-0.25, -0.2) is 9.97 Å². The molecule has 0 bridgehead atoms. The van der Waals surface area contributed by atoms with Gasteiger partial charge in [0.15, 0.2) is 5.82 Å². The Labute approximate surface area is 92.1 Å². The van der Waals surface area contributed by atoms with Crippen molar-refractivity contribution in [1.29, 1.82) is 0 Å². The van der Waals surface area contributed by atoms with Crippen molar-refractivity contribution in [3.8, 4) is 0 Å². The summed E-state index contributed by atoms with van der Waals surface area (Å²) in [7, 11) is 0.